The molecule has 6 heteroatoms. The van der Waals surface area contributed by atoms with Crippen molar-refractivity contribution in [3.8, 4) is 5.75 Å². The minimum Gasteiger partial charge on any atom is -0.508 e. The van der Waals surface area contributed by atoms with E-state index in [4.69, 9.17) is 4.42 Å². The van der Waals surface area contributed by atoms with Crippen molar-refractivity contribution in [3.63, 3.8) is 0 Å². The standard InChI is InChI=1S/C21H26N2O4/c1-14(22-10-4-2-3-5-11-22)20(25)23-12-6-7-16-17-13-15(24)8-9-18(17)27-21(26)19(16)23/h8-9,13-14,24H,2-7,10-12H2,1H3. The normalized spacial score (nSPS) is 19.5. The average Bonchev–Trinajstić information content (AvgIpc) is 2.96. The summed E-state index contributed by atoms with van der Waals surface area (Å²) in [5.74, 6) is 0.0876. The lowest BCUT2D eigenvalue weighted by Crippen LogP contribution is -2.50. The number of carbonyl (C=O) groups is 1. The van der Waals surface area contributed by atoms with Crippen LogP contribution in [0.25, 0.3) is 11.0 Å². The van der Waals surface area contributed by atoms with Crippen LogP contribution in [0.1, 0.15) is 44.6 Å². The average molecular weight is 370 g/mol. The van der Waals surface area contributed by atoms with Crippen LogP contribution in [0, 0.1) is 0 Å². The first-order valence-corrected chi connectivity index (χ1v) is 9.90. The summed E-state index contributed by atoms with van der Waals surface area (Å²) in [5, 5.41) is 10.6. The number of aromatic hydroxyl groups is 1. The third-order valence-corrected chi connectivity index (χ3v) is 5.86. The Morgan fingerprint density at radius 3 is 2.59 bits per heavy atom. The molecule has 1 aromatic carbocycles. The predicted molar refractivity (Wildman–Crippen MR) is 104 cm³/mol. The van der Waals surface area contributed by atoms with Crippen LogP contribution in [0.5, 0.6) is 5.75 Å². The highest BCUT2D eigenvalue weighted by atomic mass is 16.4. The number of amides is 1. The Bertz CT molecular complexity index is 912. The number of hydrogen-bond acceptors (Lipinski definition) is 5. The maximum absolute atomic E-state index is 13.3. The Morgan fingerprint density at radius 2 is 1.85 bits per heavy atom. The molecule has 2 aliphatic rings. The van der Waals surface area contributed by atoms with Crippen LogP contribution in [0.2, 0.25) is 0 Å². The Balaban J connectivity index is 1.72. The number of carbonyl (C=O) groups excluding carboxylic acids is 1. The zero-order valence-electron chi connectivity index (χ0n) is 15.7. The topological polar surface area (TPSA) is 74.0 Å². The van der Waals surface area contributed by atoms with Gasteiger partial charge in [0.2, 0.25) is 5.91 Å². The summed E-state index contributed by atoms with van der Waals surface area (Å²) < 4.78 is 5.47. The Morgan fingerprint density at radius 1 is 1.11 bits per heavy atom. The highest BCUT2D eigenvalue weighted by Gasteiger charge is 2.33. The van der Waals surface area contributed by atoms with Gasteiger partial charge in [0.05, 0.1) is 6.04 Å². The molecule has 0 saturated carbocycles. The van der Waals surface area contributed by atoms with Gasteiger partial charge >= 0.3 is 5.63 Å². The zero-order chi connectivity index (χ0) is 19.0. The summed E-state index contributed by atoms with van der Waals surface area (Å²) in [6.45, 7) is 4.32. The minimum atomic E-state index is -0.473. The largest absolute Gasteiger partial charge is 0.508 e. The molecule has 1 fully saturated rings. The van der Waals surface area contributed by atoms with Crippen LogP contribution in [0.3, 0.4) is 0 Å². The lowest BCUT2D eigenvalue weighted by molar-refractivity contribution is -0.123. The fourth-order valence-corrected chi connectivity index (χ4v) is 4.38. The summed E-state index contributed by atoms with van der Waals surface area (Å²) in [4.78, 5) is 29.8. The number of fused-ring (bicyclic) bond motifs is 3. The maximum atomic E-state index is 13.3. The zero-order valence-corrected chi connectivity index (χ0v) is 15.7. The Kier molecular flexibility index (Phi) is 4.91. The van der Waals surface area contributed by atoms with E-state index >= 15 is 0 Å². The van der Waals surface area contributed by atoms with Crippen molar-refractivity contribution in [2.24, 2.45) is 0 Å². The molecule has 2 aliphatic heterocycles. The van der Waals surface area contributed by atoms with Gasteiger partial charge in [-0.05, 0) is 69.5 Å². The Hall–Kier alpha value is -2.34. The highest BCUT2D eigenvalue weighted by Crippen LogP contribution is 2.33. The fraction of sp³-hybridized carbons (Fsp3) is 0.524. The van der Waals surface area contributed by atoms with Gasteiger partial charge in [0.15, 0.2) is 0 Å². The van der Waals surface area contributed by atoms with Gasteiger partial charge in [0.1, 0.15) is 17.0 Å². The van der Waals surface area contributed by atoms with Gasteiger partial charge in [0, 0.05) is 11.9 Å². The number of hydrogen-bond donors (Lipinski definition) is 1. The van der Waals surface area contributed by atoms with Crippen molar-refractivity contribution in [2.75, 3.05) is 24.5 Å². The molecule has 0 radical (unpaired) electrons. The van der Waals surface area contributed by atoms with E-state index in [9.17, 15) is 14.7 Å². The third kappa shape index (κ3) is 3.34. The predicted octanol–water partition coefficient (Wildman–Crippen LogP) is 3.04. The molecule has 4 rings (SSSR count). The molecule has 1 atom stereocenters. The lowest BCUT2D eigenvalue weighted by atomic mass is 9.98. The summed E-state index contributed by atoms with van der Waals surface area (Å²) >= 11 is 0. The van der Waals surface area contributed by atoms with Crippen molar-refractivity contribution >= 4 is 22.6 Å². The van der Waals surface area contributed by atoms with E-state index in [-0.39, 0.29) is 17.7 Å². The Labute approximate surface area is 158 Å². The molecule has 27 heavy (non-hydrogen) atoms. The van der Waals surface area contributed by atoms with Gasteiger partial charge in [-0.2, -0.15) is 0 Å². The number of anilines is 1. The summed E-state index contributed by atoms with van der Waals surface area (Å²) in [7, 11) is 0. The summed E-state index contributed by atoms with van der Waals surface area (Å²) in [6, 6.07) is 4.47. The van der Waals surface area contributed by atoms with Crippen molar-refractivity contribution in [3.05, 3.63) is 34.2 Å². The van der Waals surface area contributed by atoms with Crippen molar-refractivity contribution in [1.82, 2.24) is 4.90 Å². The van der Waals surface area contributed by atoms with Crippen molar-refractivity contribution in [2.45, 2.75) is 51.5 Å². The summed E-state index contributed by atoms with van der Waals surface area (Å²) in [6.07, 6.45) is 6.13. The second kappa shape index (κ2) is 7.35. The molecule has 2 aromatic rings. The van der Waals surface area contributed by atoms with Gasteiger partial charge in [-0.25, -0.2) is 4.79 Å². The molecule has 1 aromatic heterocycles. The number of likely N-dealkylation sites (tertiary alicyclic amines) is 1. The highest BCUT2D eigenvalue weighted by molar-refractivity contribution is 6.00. The molecule has 0 aliphatic carbocycles. The van der Waals surface area contributed by atoms with E-state index < -0.39 is 5.63 Å². The third-order valence-electron chi connectivity index (χ3n) is 5.86. The van der Waals surface area contributed by atoms with E-state index in [0.29, 0.717) is 29.6 Å². The number of rotatable bonds is 2. The van der Waals surface area contributed by atoms with Gasteiger partial charge in [-0.3, -0.25) is 9.69 Å². The molecule has 0 bridgehead atoms. The molecular weight excluding hydrogens is 344 g/mol. The minimum absolute atomic E-state index is 0.0374. The van der Waals surface area contributed by atoms with Crippen molar-refractivity contribution < 1.29 is 14.3 Å². The van der Waals surface area contributed by atoms with Crippen LogP contribution in [-0.2, 0) is 11.2 Å². The van der Waals surface area contributed by atoms with Gasteiger partial charge in [0.25, 0.3) is 0 Å². The monoisotopic (exact) mass is 370 g/mol. The van der Waals surface area contributed by atoms with Crippen molar-refractivity contribution in [1.29, 1.82) is 0 Å². The van der Waals surface area contributed by atoms with E-state index in [0.717, 1.165) is 37.9 Å². The van der Waals surface area contributed by atoms with E-state index in [2.05, 4.69) is 4.90 Å². The molecule has 144 valence electrons. The van der Waals surface area contributed by atoms with Gasteiger partial charge < -0.3 is 14.4 Å². The SMILES string of the molecule is CC(C(=O)N1CCCc2c1c(=O)oc1ccc(O)cc21)N1CCCCCC1. The molecule has 6 nitrogen and oxygen atoms in total. The molecular formula is C21H26N2O4. The van der Waals surface area contributed by atoms with E-state index in [1.165, 1.54) is 18.9 Å². The van der Waals surface area contributed by atoms with E-state index in [1.54, 1.807) is 17.0 Å². The smallest absolute Gasteiger partial charge is 0.360 e. The van der Waals surface area contributed by atoms with Crippen LogP contribution >= 0.6 is 0 Å². The molecule has 1 unspecified atom stereocenters. The second-order valence-corrected chi connectivity index (χ2v) is 7.62. The molecule has 0 spiro atoms. The van der Waals surface area contributed by atoms with Crippen LogP contribution in [-0.4, -0.2) is 41.6 Å². The quantitative estimate of drug-likeness (QED) is 0.823. The van der Waals surface area contributed by atoms with Crippen LogP contribution < -0.4 is 10.5 Å². The van der Waals surface area contributed by atoms with Gasteiger partial charge in [-0.15, -0.1) is 0 Å². The molecule has 1 amide bonds. The molecule has 1 saturated heterocycles. The number of phenolic OH excluding ortho intramolecular Hbond substituents is 1. The molecule has 3 heterocycles. The maximum Gasteiger partial charge on any atom is 0.360 e. The first-order valence-electron chi connectivity index (χ1n) is 9.90. The van der Waals surface area contributed by atoms with Crippen LogP contribution in [0.15, 0.2) is 27.4 Å². The second-order valence-electron chi connectivity index (χ2n) is 7.62. The molecule has 1 N–H and O–H groups in total. The van der Waals surface area contributed by atoms with Gasteiger partial charge in [-0.1, -0.05) is 12.8 Å². The summed E-state index contributed by atoms with van der Waals surface area (Å²) in [5.41, 5.74) is 1.14. The fourth-order valence-electron chi connectivity index (χ4n) is 4.38. The lowest BCUT2D eigenvalue weighted by Gasteiger charge is -2.34. The van der Waals surface area contributed by atoms with E-state index in [1.807, 2.05) is 6.92 Å². The number of benzene rings is 1. The van der Waals surface area contributed by atoms with Crippen LogP contribution in [0.4, 0.5) is 5.69 Å². The number of aryl methyl sites for hydroxylation is 1. The first-order chi connectivity index (χ1) is 13.1. The number of phenols is 1. The first kappa shape index (κ1) is 18.0. The number of nitrogens with zero attached hydrogens (tertiary/aromatic N) is 2.